The van der Waals surface area contributed by atoms with Gasteiger partial charge in [-0.25, -0.2) is 0 Å². The number of carbonyl (C=O) groups is 1. The van der Waals surface area contributed by atoms with Gasteiger partial charge in [0.2, 0.25) is 5.91 Å². The van der Waals surface area contributed by atoms with Gasteiger partial charge in [0, 0.05) is 19.0 Å². The van der Waals surface area contributed by atoms with Gasteiger partial charge in [0.25, 0.3) is 0 Å². The van der Waals surface area contributed by atoms with E-state index in [4.69, 9.17) is 4.74 Å². The zero-order valence-corrected chi connectivity index (χ0v) is 14.8. The van der Waals surface area contributed by atoms with E-state index in [1.165, 1.54) is 25.7 Å². The average Bonchev–Trinajstić information content (AvgIpc) is 2.64. The number of rotatable bonds is 5. The molecular weight excluding hydrogens is 300 g/mol. The Morgan fingerprint density at radius 3 is 2.58 bits per heavy atom. The summed E-state index contributed by atoms with van der Waals surface area (Å²) in [6.07, 6.45) is 7.06. The minimum atomic E-state index is 0.177. The Balaban J connectivity index is 1.60. The molecule has 3 rings (SSSR count). The molecule has 2 fully saturated rings. The van der Waals surface area contributed by atoms with Gasteiger partial charge in [0.1, 0.15) is 0 Å². The number of morpholine rings is 1. The van der Waals surface area contributed by atoms with Crippen molar-refractivity contribution in [2.75, 3.05) is 36.5 Å². The molecule has 0 atom stereocenters. The second-order valence-corrected chi connectivity index (χ2v) is 7.11. The Bertz CT molecular complexity index is 532. The van der Waals surface area contributed by atoms with Gasteiger partial charge >= 0.3 is 0 Å². The summed E-state index contributed by atoms with van der Waals surface area (Å²) in [4.78, 5) is 15.0. The first-order valence-electron chi connectivity index (χ1n) is 9.50. The smallest absolute Gasteiger partial charge is 0.227 e. The maximum absolute atomic E-state index is 12.7. The van der Waals surface area contributed by atoms with Crippen molar-refractivity contribution in [2.45, 2.75) is 45.4 Å². The van der Waals surface area contributed by atoms with E-state index in [-0.39, 0.29) is 11.8 Å². The van der Waals surface area contributed by atoms with E-state index >= 15 is 0 Å². The van der Waals surface area contributed by atoms with E-state index in [0.717, 1.165) is 56.4 Å². The summed E-state index contributed by atoms with van der Waals surface area (Å²) in [6, 6.07) is 8.15. The Labute approximate surface area is 145 Å². The van der Waals surface area contributed by atoms with Crippen molar-refractivity contribution < 1.29 is 9.53 Å². The highest BCUT2D eigenvalue weighted by molar-refractivity contribution is 5.95. The molecule has 2 aliphatic rings. The van der Waals surface area contributed by atoms with Crippen LogP contribution in [0.25, 0.3) is 0 Å². The number of nitrogens with zero attached hydrogens (tertiary/aromatic N) is 1. The van der Waals surface area contributed by atoms with Crippen LogP contribution in [0, 0.1) is 11.8 Å². The second kappa shape index (κ2) is 8.52. The van der Waals surface area contributed by atoms with Crippen LogP contribution in [-0.4, -0.2) is 32.2 Å². The van der Waals surface area contributed by atoms with E-state index in [9.17, 15) is 4.79 Å². The highest BCUT2D eigenvalue weighted by Crippen LogP contribution is 2.33. The SMILES string of the molecule is CCCC1CCC(C(=O)Nc2ccccc2N2CCOCC2)CC1. The van der Waals surface area contributed by atoms with Crippen LogP contribution in [0.3, 0.4) is 0 Å². The van der Waals surface area contributed by atoms with Gasteiger partial charge in [0.05, 0.1) is 24.6 Å². The topological polar surface area (TPSA) is 41.6 Å². The van der Waals surface area contributed by atoms with Crippen LogP contribution < -0.4 is 10.2 Å². The molecule has 1 aromatic rings. The molecule has 0 spiro atoms. The molecule has 1 aliphatic heterocycles. The summed E-state index contributed by atoms with van der Waals surface area (Å²) in [5.41, 5.74) is 2.06. The largest absolute Gasteiger partial charge is 0.378 e. The highest BCUT2D eigenvalue weighted by atomic mass is 16.5. The van der Waals surface area contributed by atoms with Gasteiger partial charge in [-0.05, 0) is 43.7 Å². The molecule has 1 aromatic carbocycles. The zero-order valence-electron chi connectivity index (χ0n) is 14.8. The van der Waals surface area contributed by atoms with E-state index in [0.29, 0.717) is 0 Å². The van der Waals surface area contributed by atoms with Crippen molar-refractivity contribution in [3.05, 3.63) is 24.3 Å². The summed E-state index contributed by atoms with van der Waals surface area (Å²) in [5.74, 6) is 1.21. The minimum Gasteiger partial charge on any atom is -0.378 e. The lowest BCUT2D eigenvalue weighted by molar-refractivity contribution is -0.121. The fraction of sp³-hybridized carbons (Fsp3) is 0.650. The number of carbonyl (C=O) groups excluding carboxylic acids is 1. The quantitative estimate of drug-likeness (QED) is 0.885. The lowest BCUT2D eigenvalue weighted by Crippen LogP contribution is -2.37. The number of benzene rings is 1. The van der Waals surface area contributed by atoms with Crippen LogP contribution in [0.15, 0.2) is 24.3 Å². The van der Waals surface area contributed by atoms with Crippen LogP contribution in [0.1, 0.15) is 45.4 Å². The molecule has 132 valence electrons. The summed E-state index contributed by atoms with van der Waals surface area (Å²) in [7, 11) is 0. The van der Waals surface area contributed by atoms with E-state index in [1.54, 1.807) is 0 Å². The molecule has 1 saturated heterocycles. The standard InChI is InChI=1S/C20H30N2O2/c1-2-5-16-8-10-17(11-9-16)20(23)21-18-6-3-4-7-19(18)22-12-14-24-15-13-22/h3-4,6-7,16-17H,2,5,8-15H2,1H3,(H,21,23). The normalized spacial score (nSPS) is 24.6. The Hall–Kier alpha value is -1.55. The molecular formula is C20H30N2O2. The van der Waals surface area contributed by atoms with Gasteiger partial charge in [-0.3, -0.25) is 4.79 Å². The van der Waals surface area contributed by atoms with Crippen molar-refractivity contribution >= 4 is 17.3 Å². The number of amides is 1. The van der Waals surface area contributed by atoms with E-state index in [2.05, 4.69) is 23.2 Å². The zero-order chi connectivity index (χ0) is 16.8. The van der Waals surface area contributed by atoms with Crippen molar-refractivity contribution in [3.63, 3.8) is 0 Å². The van der Waals surface area contributed by atoms with Crippen LogP contribution in [0.2, 0.25) is 0 Å². The van der Waals surface area contributed by atoms with Gasteiger partial charge in [0.15, 0.2) is 0 Å². The fourth-order valence-electron chi connectivity index (χ4n) is 4.02. The fourth-order valence-corrected chi connectivity index (χ4v) is 4.02. The van der Waals surface area contributed by atoms with Gasteiger partial charge in [-0.2, -0.15) is 0 Å². The third-order valence-electron chi connectivity index (χ3n) is 5.43. The highest BCUT2D eigenvalue weighted by Gasteiger charge is 2.26. The monoisotopic (exact) mass is 330 g/mol. The van der Waals surface area contributed by atoms with E-state index in [1.807, 2.05) is 18.2 Å². The first kappa shape index (κ1) is 17.3. The molecule has 1 heterocycles. The Morgan fingerprint density at radius 2 is 1.88 bits per heavy atom. The number of nitrogens with one attached hydrogen (secondary N) is 1. The third kappa shape index (κ3) is 4.29. The second-order valence-electron chi connectivity index (χ2n) is 7.11. The van der Waals surface area contributed by atoms with Crippen LogP contribution in [-0.2, 0) is 9.53 Å². The van der Waals surface area contributed by atoms with Crippen molar-refractivity contribution in [1.29, 1.82) is 0 Å². The Morgan fingerprint density at radius 1 is 1.17 bits per heavy atom. The summed E-state index contributed by atoms with van der Waals surface area (Å²) in [6.45, 7) is 5.53. The van der Waals surface area contributed by atoms with Crippen LogP contribution >= 0.6 is 0 Å². The number of ether oxygens (including phenoxy) is 1. The molecule has 0 radical (unpaired) electrons. The summed E-state index contributed by atoms with van der Waals surface area (Å²) in [5, 5.41) is 3.20. The minimum absolute atomic E-state index is 0.177. The molecule has 1 saturated carbocycles. The Kier molecular flexibility index (Phi) is 6.13. The molecule has 24 heavy (non-hydrogen) atoms. The predicted molar refractivity (Wildman–Crippen MR) is 98.5 cm³/mol. The average molecular weight is 330 g/mol. The molecule has 0 aromatic heterocycles. The first-order valence-corrected chi connectivity index (χ1v) is 9.50. The van der Waals surface area contributed by atoms with Crippen molar-refractivity contribution in [1.82, 2.24) is 0 Å². The lowest BCUT2D eigenvalue weighted by Gasteiger charge is -2.31. The summed E-state index contributed by atoms with van der Waals surface area (Å²) < 4.78 is 5.44. The van der Waals surface area contributed by atoms with Crippen LogP contribution in [0.5, 0.6) is 0 Å². The number of anilines is 2. The molecule has 1 aliphatic carbocycles. The molecule has 1 amide bonds. The maximum Gasteiger partial charge on any atom is 0.227 e. The summed E-state index contributed by atoms with van der Waals surface area (Å²) >= 11 is 0. The van der Waals surface area contributed by atoms with Gasteiger partial charge < -0.3 is 15.0 Å². The lowest BCUT2D eigenvalue weighted by atomic mass is 9.80. The van der Waals surface area contributed by atoms with Gasteiger partial charge in [-0.15, -0.1) is 0 Å². The number of para-hydroxylation sites is 2. The van der Waals surface area contributed by atoms with Crippen molar-refractivity contribution in [2.24, 2.45) is 11.8 Å². The molecule has 0 unspecified atom stereocenters. The van der Waals surface area contributed by atoms with Crippen molar-refractivity contribution in [3.8, 4) is 0 Å². The molecule has 4 nitrogen and oxygen atoms in total. The molecule has 1 N–H and O–H groups in total. The van der Waals surface area contributed by atoms with E-state index < -0.39 is 0 Å². The molecule has 0 bridgehead atoms. The third-order valence-corrected chi connectivity index (χ3v) is 5.43. The molecule has 4 heteroatoms. The van der Waals surface area contributed by atoms with Crippen LogP contribution in [0.4, 0.5) is 11.4 Å². The first-order chi connectivity index (χ1) is 11.8. The maximum atomic E-state index is 12.7. The number of hydrogen-bond acceptors (Lipinski definition) is 3. The number of hydrogen-bond donors (Lipinski definition) is 1. The van der Waals surface area contributed by atoms with Gasteiger partial charge in [-0.1, -0.05) is 31.9 Å². The predicted octanol–water partition coefficient (Wildman–Crippen LogP) is 4.07.